The maximum atomic E-state index is 13.4. The molecule has 0 bridgehead atoms. The van der Waals surface area contributed by atoms with Crippen LogP contribution in [-0.4, -0.2) is 60.7 Å². The molecule has 0 radical (unpaired) electrons. The van der Waals surface area contributed by atoms with Crippen molar-refractivity contribution in [3.63, 3.8) is 0 Å². The van der Waals surface area contributed by atoms with Crippen LogP contribution in [0.25, 0.3) is 5.69 Å². The average molecular weight is 470 g/mol. The van der Waals surface area contributed by atoms with Crippen molar-refractivity contribution >= 4 is 15.8 Å². The smallest absolute Gasteiger partial charge is 0.243 e. The van der Waals surface area contributed by atoms with E-state index in [-0.39, 0.29) is 30.3 Å². The van der Waals surface area contributed by atoms with E-state index >= 15 is 0 Å². The Bertz CT molecular complexity index is 1280. The summed E-state index contributed by atoms with van der Waals surface area (Å²) in [5.41, 5.74) is 3.99. The van der Waals surface area contributed by atoms with Crippen LogP contribution in [0.3, 0.4) is 0 Å². The Morgan fingerprint density at radius 1 is 0.939 bits per heavy atom. The molecule has 1 aliphatic heterocycles. The molecule has 8 heteroatoms. The molecule has 0 spiro atoms. The number of para-hydroxylation sites is 1. The number of hydrogen-bond donors (Lipinski definition) is 0. The minimum absolute atomic E-state index is 0.0240. The van der Waals surface area contributed by atoms with Gasteiger partial charge < -0.3 is 4.57 Å². The lowest BCUT2D eigenvalue weighted by molar-refractivity contribution is 0.0901. The van der Waals surface area contributed by atoms with Gasteiger partial charge in [0.1, 0.15) is 5.82 Å². The molecule has 4 rings (SSSR count). The van der Waals surface area contributed by atoms with Crippen molar-refractivity contribution < 1.29 is 17.6 Å². The molecule has 6 nitrogen and oxygen atoms in total. The summed E-state index contributed by atoms with van der Waals surface area (Å²) in [7, 11) is -3.70. The van der Waals surface area contributed by atoms with Gasteiger partial charge in [-0.25, -0.2) is 12.8 Å². The number of hydrogen-bond acceptors (Lipinski definition) is 4. The molecule has 2 aromatic carbocycles. The van der Waals surface area contributed by atoms with Crippen LogP contribution in [0.2, 0.25) is 0 Å². The summed E-state index contributed by atoms with van der Waals surface area (Å²) in [5, 5.41) is 0. The molecule has 1 aromatic heterocycles. The van der Waals surface area contributed by atoms with Crippen molar-refractivity contribution in [1.82, 2.24) is 13.8 Å². The fraction of sp³-hybridized carbons (Fsp3) is 0.320. The minimum atomic E-state index is -3.70. The summed E-state index contributed by atoms with van der Waals surface area (Å²) >= 11 is 0. The van der Waals surface area contributed by atoms with E-state index in [4.69, 9.17) is 0 Å². The van der Waals surface area contributed by atoms with Crippen LogP contribution in [0.5, 0.6) is 0 Å². The number of carbonyl (C=O) groups is 1. The van der Waals surface area contributed by atoms with Gasteiger partial charge in [-0.3, -0.25) is 9.69 Å². The SMILES string of the molecule is Cc1cc(F)ccc1S(=O)(=O)N1CCN(CC(=O)c2cc(C)n(-c3ccccc3)c2C)CC1. The van der Waals surface area contributed by atoms with Crippen molar-refractivity contribution in [3.05, 3.63) is 82.9 Å². The number of Topliss-reactive ketones (excluding diaryl/α,β-unsaturated/α-hetero) is 1. The first-order valence-electron chi connectivity index (χ1n) is 10.9. The first-order valence-corrected chi connectivity index (χ1v) is 12.4. The molecule has 0 saturated carbocycles. The van der Waals surface area contributed by atoms with Crippen LogP contribution >= 0.6 is 0 Å². The molecular formula is C25H28FN3O3S. The number of halogens is 1. The topological polar surface area (TPSA) is 62.6 Å². The highest BCUT2D eigenvalue weighted by Crippen LogP contribution is 2.24. The highest BCUT2D eigenvalue weighted by atomic mass is 32.2. The van der Waals surface area contributed by atoms with E-state index in [2.05, 4.69) is 4.57 Å². The lowest BCUT2D eigenvalue weighted by atomic mass is 10.1. The second kappa shape index (κ2) is 9.21. The Labute approximate surface area is 194 Å². The third-order valence-corrected chi connectivity index (χ3v) is 8.26. The van der Waals surface area contributed by atoms with E-state index in [0.29, 0.717) is 24.2 Å². The van der Waals surface area contributed by atoms with Crippen molar-refractivity contribution in [1.29, 1.82) is 0 Å². The zero-order chi connectivity index (χ0) is 23.8. The second-order valence-electron chi connectivity index (χ2n) is 8.47. The van der Waals surface area contributed by atoms with Gasteiger partial charge in [-0.1, -0.05) is 18.2 Å². The first-order chi connectivity index (χ1) is 15.7. The summed E-state index contributed by atoms with van der Waals surface area (Å²) < 4.78 is 42.9. The van der Waals surface area contributed by atoms with Crippen molar-refractivity contribution in [2.24, 2.45) is 0 Å². The van der Waals surface area contributed by atoms with Gasteiger partial charge in [-0.15, -0.1) is 0 Å². The summed E-state index contributed by atoms with van der Waals surface area (Å²) in [6, 6.07) is 15.6. The molecule has 33 heavy (non-hydrogen) atoms. The Morgan fingerprint density at radius 3 is 2.24 bits per heavy atom. The fourth-order valence-electron chi connectivity index (χ4n) is 4.48. The molecular weight excluding hydrogens is 441 g/mol. The Morgan fingerprint density at radius 2 is 1.61 bits per heavy atom. The quantitative estimate of drug-likeness (QED) is 0.516. The van der Waals surface area contributed by atoms with E-state index in [1.165, 1.54) is 22.5 Å². The highest BCUT2D eigenvalue weighted by molar-refractivity contribution is 7.89. The lowest BCUT2D eigenvalue weighted by Crippen LogP contribution is -2.49. The van der Waals surface area contributed by atoms with Gasteiger partial charge in [0.15, 0.2) is 5.78 Å². The maximum absolute atomic E-state index is 13.4. The van der Waals surface area contributed by atoms with Crippen molar-refractivity contribution in [2.75, 3.05) is 32.7 Å². The number of piperazine rings is 1. The Hall–Kier alpha value is -2.81. The molecule has 1 fully saturated rings. The molecule has 0 aliphatic carbocycles. The number of sulfonamides is 1. The summed E-state index contributed by atoms with van der Waals surface area (Å²) in [6.45, 7) is 7.26. The number of aryl methyl sites for hydroxylation is 2. The summed E-state index contributed by atoms with van der Waals surface area (Å²) in [4.78, 5) is 15.2. The predicted molar refractivity (Wildman–Crippen MR) is 126 cm³/mol. The minimum Gasteiger partial charge on any atom is -0.318 e. The molecule has 0 atom stereocenters. The van der Waals surface area contributed by atoms with Crippen molar-refractivity contribution in [2.45, 2.75) is 25.7 Å². The molecule has 2 heterocycles. The third kappa shape index (κ3) is 4.64. The summed E-state index contributed by atoms with van der Waals surface area (Å²) in [6.07, 6.45) is 0. The molecule has 1 aliphatic rings. The number of carbonyl (C=O) groups excluding carboxylic acids is 1. The molecule has 1 saturated heterocycles. The van der Waals surface area contributed by atoms with Gasteiger partial charge in [-0.05, 0) is 62.7 Å². The van der Waals surface area contributed by atoms with Crippen LogP contribution < -0.4 is 0 Å². The Balaban J connectivity index is 1.43. The van der Waals surface area contributed by atoms with Crippen LogP contribution in [0.15, 0.2) is 59.5 Å². The predicted octanol–water partition coefficient (Wildman–Crippen LogP) is 3.73. The molecule has 0 N–H and O–H groups in total. The van der Waals surface area contributed by atoms with E-state index in [9.17, 15) is 17.6 Å². The number of aromatic nitrogens is 1. The number of rotatable bonds is 6. The van der Waals surface area contributed by atoms with E-state index < -0.39 is 15.8 Å². The molecule has 0 amide bonds. The largest absolute Gasteiger partial charge is 0.318 e. The van der Waals surface area contributed by atoms with Crippen LogP contribution in [-0.2, 0) is 10.0 Å². The first kappa shape index (κ1) is 23.4. The van der Waals surface area contributed by atoms with Gasteiger partial charge in [0, 0.05) is 48.8 Å². The second-order valence-corrected chi connectivity index (χ2v) is 10.4. The molecule has 174 valence electrons. The third-order valence-electron chi connectivity index (χ3n) is 6.20. The summed E-state index contributed by atoms with van der Waals surface area (Å²) in [5.74, 6) is -0.433. The van der Waals surface area contributed by atoms with E-state index in [1.54, 1.807) is 6.92 Å². The van der Waals surface area contributed by atoms with Crippen molar-refractivity contribution in [3.8, 4) is 5.69 Å². The number of ketones is 1. The van der Waals surface area contributed by atoms with Crippen LogP contribution in [0, 0.1) is 26.6 Å². The lowest BCUT2D eigenvalue weighted by Gasteiger charge is -2.33. The fourth-order valence-corrected chi connectivity index (χ4v) is 6.11. The highest BCUT2D eigenvalue weighted by Gasteiger charge is 2.30. The van der Waals surface area contributed by atoms with Gasteiger partial charge in [0.25, 0.3) is 0 Å². The molecule has 3 aromatic rings. The normalized spacial score (nSPS) is 15.6. The number of benzene rings is 2. The van der Waals surface area contributed by atoms with Gasteiger partial charge in [0.2, 0.25) is 10.0 Å². The monoisotopic (exact) mass is 469 g/mol. The average Bonchev–Trinajstić information content (AvgIpc) is 3.08. The van der Waals surface area contributed by atoms with Crippen LogP contribution in [0.1, 0.15) is 27.3 Å². The van der Waals surface area contributed by atoms with Gasteiger partial charge >= 0.3 is 0 Å². The van der Waals surface area contributed by atoms with Crippen LogP contribution in [0.4, 0.5) is 4.39 Å². The van der Waals surface area contributed by atoms with Gasteiger partial charge in [-0.2, -0.15) is 4.31 Å². The number of nitrogens with zero attached hydrogens (tertiary/aromatic N) is 3. The van der Waals surface area contributed by atoms with Gasteiger partial charge in [0.05, 0.1) is 11.4 Å². The van der Waals surface area contributed by atoms with E-state index in [0.717, 1.165) is 17.1 Å². The zero-order valence-electron chi connectivity index (χ0n) is 19.1. The standard InChI is InChI=1S/C25H28FN3O3S/c1-18-15-21(26)9-10-25(18)33(31,32)28-13-11-27(12-14-28)17-24(30)23-16-19(2)29(20(23)3)22-7-5-4-6-8-22/h4-10,15-16H,11-14,17H2,1-3H3. The zero-order valence-corrected chi connectivity index (χ0v) is 19.9. The molecule has 0 unspecified atom stereocenters. The Kier molecular flexibility index (Phi) is 6.52. The van der Waals surface area contributed by atoms with E-state index in [1.807, 2.05) is 55.1 Å². The maximum Gasteiger partial charge on any atom is 0.243 e.